The van der Waals surface area contributed by atoms with Crippen LogP contribution in [0.25, 0.3) is 0 Å². The van der Waals surface area contributed by atoms with Crippen molar-refractivity contribution in [2.75, 3.05) is 41.8 Å². The summed E-state index contributed by atoms with van der Waals surface area (Å²) in [5.74, 6) is 0. The normalized spacial score (nSPS) is 15.5. The molecule has 2 aliphatic heterocycles. The highest BCUT2D eigenvalue weighted by Gasteiger charge is 2.22. The number of nitrogens with zero attached hydrogens (tertiary/aromatic N) is 1. The molecule has 2 aromatic carbocycles. The Hall–Kier alpha value is -1.12. The average molecular weight is 497 g/mol. The SMILES string of the molecule is Cc1cc(NC(C)C)cc2c1Nc1c(C)cc(N3CCOCC3)cc1S2.I. The summed E-state index contributed by atoms with van der Waals surface area (Å²) < 4.78 is 5.50. The van der Waals surface area contributed by atoms with E-state index in [1.54, 1.807) is 0 Å². The van der Waals surface area contributed by atoms with Crippen LogP contribution in [0.2, 0.25) is 0 Å². The first kappa shape index (κ1) is 20.6. The van der Waals surface area contributed by atoms with E-state index in [9.17, 15) is 0 Å². The van der Waals surface area contributed by atoms with E-state index in [-0.39, 0.29) is 24.0 Å². The van der Waals surface area contributed by atoms with Gasteiger partial charge in [0, 0.05) is 40.3 Å². The molecule has 1 saturated heterocycles. The molecule has 0 unspecified atom stereocenters. The van der Waals surface area contributed by atoms with Crippen LogP contribution in [0.3, 0.4) is 0 Å². The Morgan fingerprint density at radius 3 is 2.30 bits per heavy atom. The predicted molar refractivity (Wildman–Crippen MR) is 127 cm³/mol. The van der Waals surface area contributed by atoms with Crippen LogP contribution in [0.5, 0.6) is 0 Å². The Morgan fingerprint density at radius 2 is 1.63 bits per heavy atom. The van der Waals surface area contributed by atoms with Gasteiger partial charge in [-0.3, -0.25) is 0 Å². The van der Waals surface area contributed by atoms with Gasteiger partial charge in [-0.15, -0.1) is 24.0 Å². The summed E-state index contributed by atoms with van der Waals surface area (Å²) in [6, 6.07) is 9.55. The quantitative estimate of drug-likeness (QED) is 0.449. The van der Waals surface area contributed by atoms with Crippen molar-refractivity contribution in [1.82, 2.24) is 0 Å². The minimum Gasteiger partial charge on any atom is -0.383 e. The maximum absolute atomic E-state index is 5.50. The zero-order valence-corrected chi connectivity index (χ0v) is 19.5. The number of fused-ring (bicyclic) bond motifs is 2. The van der Waals surface area contributed by atoms with E-state index in [0.29, 0.717) is 6.04 Å². The van der Waals surface area contributed by atoms with Gasteiger partial charge in [-0.1, -0.05) is 11.8 Å². The highest BCUT2D eigenvalue weighted by atomic mass is 127. The first-order valence-corrected chi connectivity index (χ1v) is 10.2. The zero-order valence-electron chi connectivity index (χ0n) is 16.4. The number of nitrogens with one attached hydrogen (secondary N) is 2. The maximum Gasteiger partial charge on any atom is 0.0642 e. The molecule has 1 fully saturated rings. The van der Waals surface area contributed by atoms with Crippen molar-refractivity contribution in [1.29, 1.82) is 0 Å². The Morgan fingerprint density at radius 1 is 1.00 bits per heavy atom. The molecule has 2 aliphatic rings. The minimum atomic E-state index is 0. The number of rotatable bonds is 3. The second kappa shape index (κ2) is 8.49. The second-order valence-corrected chi connectivity index (χ2v) is 8.51. The van der Waals surface area contributed by atoms with Crippen LogP contribution in [0.1, 0.15) is 25.0 Å². The van der Waals surface area contributed by atoms with Crippen molar-refractivity contribution in [3.8, 4) is 0 Å². The largest absolute Gasteiger partial charge is 0.383 e. The summed E-state index contributed by atoms with van der Waals surface area (Å²) in [6.45, 7) is 12.3. The Bertz CT molecular complexity index is 835. The summed E-state index contributed by atoms with van der Waals surface area (Å²) in [6.07, 6.45) is 0. The highest BCUT2D eigenvalue weighted by Crippen LogP contribution is 2.49. The lowest BCUT2D eigenvalue weighted by Crippen LogP contribution is -2.36. The topological polar surface area (TPSA) is 36.5 Å². The zero-order chi connectivity index (χ0) is 18.3. The molecule has 4 nitrogen and oxygen atoms in total. The Balaban J connectivity index is 0.00000210. The third-order valence-corrected chi connectivity index (χ3v) is 5.97. The number of aryl methyl sites for hydroxylation is 2. The first-order valence-electron chi connectivity index (χ1n) is 9.34. The number of halogens is 1. The monoisotopic (exact) mass is 497 g/mol. The molecule has 2 N–H and O–H groups in total. The van der Waals surface area contributed by atoms with Gasteiger partial charge >= 0.3 is 0 Å². The van der Waals surface area contributed by atoms with Gasteiger partial charge in [-0.25, -0.2) is 0 Å². The molecule has 0 radical (unpaired) electrons. The molecule has 0 saturated carbocycles. The van der Waals surface area contributed by atoms with E-state index in [0.717, 1.165) is 26.3 Å². The van der Waals surface area contributed by atoms with E-state index in [4.69, 9.17) is 4.74 Å². The molecule has 0 amide bonds. The maximum atomic E-state index is 5.50. The molecule has 4 rings (SSSR count). The molecule has 0 atom stereocenters. The van der Waals surface area contributed by atoms with E-state index in [1.807, 2.05) is 11.8 Å². The van der Waals surface area contributed by atoms with Gasteiger partial charge in [-0.2, -0.15) is 0 Å². The number of morpholine rings is 1. The molecule has 0 aliphatic carbocycles. The van der Waals surface area contributed by atoms with Crippen molar-refractivity contribution in [3.63, 3.8) is 0 Å². The molecule has 0 bridgehead atoms. The van der Waals surface area contributed by atoms with Gasteiger partial charge in [0.05, 0.1) is 24.6 Å². The van der Waals surface area contributed by atoms with Crippen LogP contribution in [-0.2, 0) is 4.74 Å². The standard InChI is InChI=1S/C21H27N3OS.HI/c1-13(2)22-16-9-14(3)20-18(11-16)26-19-12-17(10-15(4)21(19)23-20)24-5-7-25-8-6-24;/h9-13,22-23H,5-8H2,1-4H3;1H. The van der Waals surface area contributed by atoms with E-state index in [1.165, 1.54) is 43.7 Å². The van der Waals surface area contributed by atoms with Crippen LogP contribution >= 0.6 is 35.7 Å². The molecule has 0 spiro atoms. The van der Waals surface area contributed by atoms with Crippen molar-refractivity contribution >= 4 is 58.5 Å². The van der Waals surface area contributed by atoms with Crippen LogP contribution in [0, 0.1) is 13.8 Å². The van der Waals surface area contributed by atoms with Crippen LogP contribution in [-0.4, -0.2) is 32.3 Å². The van der Waals surface area contributed by atoms with Crippen LogP contribution < -0.4 is 15.5 Å². The fourth-order valence-corrected chi connectivity index (χ4v) is 4.87. The third-order valence-electron chi connectivity index (χ3n) is 4.88. The summed E-state index contributed by atoms with van der Waals surface area (Å²) in [5, 5.41) is 7.23. The van der Waals surface area contributed by atoms with Gasteiger partial charge in [0.2, 0.25) is 0 Å². The number of hydrogen-bond donors (Lipinski definition) is 2. The van der Waals surface area contributed by atoms with Gasteiger partial charge in [0.25, 0.3) is 0 Å². The van der Waals surface area contributed by atoms with Gasteiger partial charge in [0.1, 0.15) is 0 Å². The van der Waals surface area contributed by atoms with Crippen molar-refractivity contribution in [2.45, 2.75) is 43.5 Å². The van der Waals surface area contributed by atoms with Crippen LogP contribution in [0.15, 0.2) is 34.1 Å². The van der Waals surface area contributed by atoms with Crippen molar-refractivity contribution in [2.24, 2.45) is 0 Å². The number of anilines is 4. The second-order valence-electron chi connectivity index (χ2n) is 7.43. The molecule has 27 heavy (non-hydrogen) atoms. The van der Waals surface area contributed by atoms with Crippen molar-refractivity contribution in [3.05, 3.63) is 35.4 Å². The summed E-state index contributed by atoms with van der Waals surface area (Å²) in [7, 11) is 0. The molecule has 2 aromatic rings. The van der Waals surface area contributed by atoms with Gasteiger partial charge in [-0.05, 0) is 63.1 Å². The van der Waals surface area contributed by atoms with E-state index < -0.39 is 0 Å². The minimum absolute atomic E-state index is 0. The first-order chi connectivity index (χ1) is 12.5. The van der Waals surface area contributed by atoms with E-state index >= 15 is 0 Å². The summed E-state index contributed by atoms with van der Waals surface area (Å²) in [5.41, 5.74) is 7.54. The molecule has 6 heteroatoms. The summed E-state index contributed by atoms with van der Waals surface area (Å²) in [4.78, 5) is 5.02. The Kier molecular flexibility index (Phi) is 6.48. The fourth-order valence-electron chi connectivity index (χ4n) is 3.64. The van der Waals surface area contributed by atoms with E-state index in [2.05, 4.69) is 67.5 Å². The number of ether oxygens (including phenoxy) is 1. The lowest BCUT2D eigenvalue weighted by atomic mass is 10.1. The van der Waals surface area contributed by atoms with Gasteiger partial charge in [0.15, 0.2) is 0 Å². The lowest BCUT2D eigenvalue weighted by Gasteiger charge is -2.31. The third kappa shape index (κ3) is 4.32. The Labute approximate surface area is 183 Å². The highest BCUT2D eigenvalue weighted by molar-refractivity contribution is 14.0. The molecular weight excluding hydrogens is 469 g/mol. The summed E-state index contributed by atoms with van der Waals surface area (Å²) >= 11 is 1.87. The average Bonchev–Trinajstić information content (AvgIpc) is 2.60. The molecule has 146 valence electrons. The molecule has 0 aromatic heterocycles. The molecule has 2 heterocycles. The fraction of sp³-hybridized carbons (Fsp3) is 0.429. The lowest BCUT2D eigenvalue weighted by molar-refractivity contribution is 0.122. The van der Waals surface area contributed by atoms with Crippen LogP contribution in [0.4, 0.5) is 22.7 Å². The smallest absolute Gasteiger partial charge is 0.0642 e. The number of benzene rings is 2. The number of hydrogen-bond acceptors (Lipinski definition) is 5. The molecular formula is C21H28IN3OS. The predicted octanol–water partition coefficient (Wildman–Crippen LogP) is 5.79. The van der Waals surface area contributed by atoms with Crippen molar-refractivity contribution < 1.29 is 4.74 Å². The van der Waals surface area contributed by atoms with Gasteiger partial charge < -0.3 is 20.3 Å².